The summed E-state index contributed by atoms with van der Waals surface area (Å²) in [5, 5.41) is 9.22. The van der Waals surface area contributed by atoms with E-state index in [1.807, 2.05) is 19.1 Å². The standard InChI is InChI=1S/C9H15NO/c1-3-4-5-6-9(11)8(2)7-10/h3-6,11H,7,10H2,1-2H3/b4-3-,6-5-,9-8-. The average molecular weight is 153 g/mol. The Morgan fingerprint density at radius 1 is 1.45 bits per heavy atom. The number of nitrogens with two attached hydrogens (primary N) is 1. The van der Waals surface area contributed by atoms with Crippen molar-refractivity contribution in [3.8, 4) is 0 Å². The molecule has 0 aliphatic heterocycles. The van der Waals surface area contributed by atoms with Gasteiger partial charge < -0.3 is 10.8 Å². The maximum atomic E-state index is 9.22. The lowest BCUT2D eigenvalue weighted by Gasteiger charge is -1.96. The summed E-state index contributed by atoms with van der Waals surface area (Å²) < 4.78 is 0. The monoisotopic (exact) mass is 153 g/mol. The first-order chi connectivity index (χ1) is 5.22. The molecule has 0 aromatic carbocycles. The lowest BCUT2D eigenvalue weighted by molar-refractivity contribution is 0.424. The Balaban J connectivity index is 4.14. The summed E-state index contributed by atoms with van der Waals surface area (Å²) in [7, 11) is 0. The Kier molecular flexibility index (Phi) is 5.21. The highest BCUT2D eigenvalue weighted by Gasteiger charge is 1.90. The zero-order valence-electron chi connectivity index (χ0n) is 7.04. The van der Waals surface area contributed by atoms with Crippen molar-refractivity contribution < 1.29 is 5.11 Å². The normalized spacial score (nSPS) is 14.5. The van der Waals surface area contributed by atoms with Crippen LogP contribution in [0.15, 0.2) is 35.6 Å². The second-order valence-electron chi connectivity index (χ2n) is 2.25. The van der Waals surface area contributed by atoms with Gasteiger partial charge in [-0.25, -0.2) is 0 Å². The van der Waals surface area contributed by atoms with Crippen LogP contribution in [0, 0.1) is 0 Å². The molecule has 0 heterocycles. The Labute approximate surface area is 67.7 Å². The molecule has 0 rings (SSSR count). The van der Waals surface area contributed by atoms with Crippen molar-refractivity contribution in [3.63, 3.8) is 0 Å². The maximum absolute atomic E-state index is 9.22. The van der Waals surface area contributed by atoms with Crippen LogP contribution in [0.4, 0.5) is 0 Å². The van der Waals surface area contributed by atoms with E-state index in [0.29, 0.717) is 6.54 Å². The van der Waals surface area contributed by atoms with E-state index >= 15 is 0 Å². The summed E-state index contributed by atoms with van der Waals surface area (Å²) in [6.07, 6.45) is 7.14. The molecule has 0 fully saturated rings. The molecule has 0 aromatic heterocycles. The number of rotatable bonds is 3. The fourth-order valence-electron chi connectivity index (χ4n) is 0.505. The molecule has 0 saturated carbocycles. The van der Waals surface area contributed by atoms with Gasteiger partial charge in [-0.1, -0.05) is 18.2 Å². The molecule has 11 heavy (non-hydrogen) atoms. The molecule has 2 nitrogen and oxygen atoms in total. The zero-order valence-corrected chi connectivity index (χ0v) is 7.04. The van der Waals surface area contributed by atoms with Gasteiger partial charge in [0.25, 0.3) is 0 Å². The van der Waals surface area contributed by atoms with Crippen LogP contribution in [0.5, 0.6) is 0 Å². The van der Waals surface area contributed by atoms with Crippen LogP contribution in [0.25, 0.3) is 0 Å². The van der Waals surface area contributed by atoms with E-state index in [0.717, 1.165) is 5.57 Å². The van der Waals surface area contributed by atoms with Gasteiger partial charge in [0.15, 0.2) is 0 Å². The van der Waals surface area contributed by atoms with Crippen molar-refractivity contribution in [3.05, 3.63) is 35.6 Å². The summed E-state index contributed by atoms with van der Waals surface area (Å²) in [6, 6.07) is 0. The van der Waals surface area contributed by atoms with Crippen LogP contribution >= 0.6 is 0 Å². The van der Waals surface area contributed by atoms with Crippen molar-refractivity contribution in [2.24, 2.45) is 5.73 Å². The molecular weight excluding hydrogens is 138 g/mol. The van der Waals surface area contributed by atoms with Gasteiger partial charge in [0.05, 0.1) is 0 Å². The van der Waals surface area contributed by atoms with E-state index < -0.39 is 0 Å². The molecule has 0 radical (unpaired) electrons. The predicted molar refractivity (Wildman–Crippen MR) is 48.3 cm³/mol. The molecule has 0 aliphatic carbocycles. The molecule has 2 heteroatoms. The van der Waals surface area contributed by atoms with Gasteiger partial charge in [-0.3, -0.25) is 0 Å². The Bertz CT molecular complexity index is 190. The molecule has 0 bridgehead atoms. The summed E-state index contributed by atoms with van der Waals surface area (Å²) >= 11 is 0. The van der Waals surface area contributed by atoms with E-state index in [9.17, 15) is 5.11 Å². The van der Waals surface area contributed by atoms with Crippen LogP contribution in [-0.4, -0.2) is 11.7 Å². The van der Waals surface area contributed by atoms with E-state index in [1.54, 1.807) is 19.1 Å². The van der Waals surface area contributed by atoms with E-state index in [4.69, 9.17) is 5.73 Å². The summed E-state index contributed by atoms with van der Waals surface area (Å²) in [6.45, 7) is 4.11. The van der Waals surface area contributed by atoms with Gasteiger partial charge >= 0.3 is 0 Å². The third-order valence-electron chi connectivity index (χ3n) is 1.30. The Morgan fingerprint density at radius 2 is 2.09 bits per heavy atom. The minimum atomic E-state index is 0.255. The molecule has 0 aliphatic rings. The summed E-state index contributed by atoms with van der Waals surface area (Å²) in [5.74, 6) is 0.255. The molecular formula is C9H15NO. The fourth-order valence-corrected chi connectivity index (χ4v) is 0.505. The van der Waals surface area contributed by atoms with Crippen molar-refractivity contribution in [2.45, 2.75) is 13.8 Å². The first-order valence-electron chi connectivity index (χ1n) is 3.60. The molecule has 0 amide bonds. The SMILES string of the molecule is C\C=C/C=C\C(O)=C(/C)CN. The number of hydrogen-bond donors (Lipinski definition) is 2. The van der Waals surface area contributed by atoms with Gasteiger partial charge in [-0.05, 0) is 25.5 Å². The van der Waals surface area contributed by atoms with Crippen molar-refractivity contribution in [1.82, 2.24) is 0 Å². The molecule has 0 spiro atoms. The van der Waals surface area contributed by atoms with Gasteiger partial charge in [0, 0.05) is 6.54 Å². The third kappa shape index (κ3) is 4.39. The number of allylic oxidation sites excluding steroid dienone is 4. The van der Waals surface area contributed by atoms with Gasteiger partial charge in [0.2, 0.25) is 0 Å². The summed E-state index contributed by atoms with van der Waals surface area (Å²) in [5.41, 5.74) is 6.10. The fraction of sp³-hybridized carbons (Fsp3) is 0.333. The molecule has 62 valence electrons. The van der Waals surface area contributed by atoms with E-state index in [1.165, 1.54) is 0 Å². The van der Waals surface area contributed by atoms with Gasteiger partial charge in [-0.2, -0.15) is 0 Å². The molecule has 0 aromatic rings. The third-order valence-corrected chi connectivity index (χ3v) is 1.30. The van der Waals surface area contributed by atoms with Crippen LogP contribution in [-0.2, 0) is 0 Å². The van der Waals surface area contributed by atoms with E-state index in [-0.39, 0.29) is 5.76 Å². The quantitative estimate of drug-likeness (QED) is 0.480. The van der Waals surface area contributed by atoms with Gasteiger partial charge in [0.1, 0.15) is 5.76 Å². The molecule has 0 atom stereocenters. The average Bonchev–Trinajstić information content (AvgIpc) is 2.03. The lowest BCUT2D eigenvalue weighted by atomic mass is 10.2. The lowest BCUT2D eigenvalue weighted by Crippen LogP contribution is -2.02. The van der Waals surface area contributed by atoms with Crippen LogP contribution < -0.4 is 5.73 Å². The number of hydrogen-bond acceptors (Lipinski definition) is 2. The Hall–Kier alpha value is -1.02. The number of aliphatic hydroxyl groups is 1. The van der Waals surface area contributed by atoms with Crippen LogP contribution in [0.1, 0.15) is 13.8 Å². The highest BCUT2D eigenvalue weighted by atomic mass is 16.3. The predicted octanol–water partition coefficient (Wildman–Crippen LogP) is 1.91. The highest BCUT2D eigenvalue weighted by molar-refractivity contribution is 5.21. The minimum absolute atomic E-state index is 0.255. The smallest absolute Gasteiger partial charge is 0.115 e. The largest absolute Gasteiger partial charge is 0.508 e. The first-order valence-corrected chi connectivity index (χ1v) is 3.60. The number of aliphatic hydroxyl groups excluding tert-OH is 1. The van der Waals surface area contributed by atoms with Crippen LogP contribution in [0.3, 0.4) is 0 Å². The zero-order chi connectivity index (χ0) is 8.69. The Morgan fingerprint density at radius 3 is 2.55 bits per heavy atom. The molecule has 0 unspecified atom stereocenters. The van der Waals surface area contributed by atoms with Crippen LogP contribution in [0.2, 0.25) is 0 Å². The maximum Gasteiger partial charge on any atom is 0.115 e. The van der Waals surface area contributed by atoms with Crippen molar-refractivity contribution in [1.29, 1.82) is 0 Å². The second kappa shape index (κ2) is 5.74. The van der Waals surface area contributed by atoms with E-state index in [2.05, 4.69) is 0 Å². The minimum Gasteiger partial charge on any atom is -0.508 e. The highest BCUT2D eigenvalue weighted by Crippen LogP contribution is 1.99. The topological polar surface area (TPSA) is 46.2 Å². The van der Waals surface area contributed by atoms with Gasteiger partial charge in [-0.15, -0.1) is 0 Å². The van der Waals surface area contributed by atoms with Crippen molar-refractivity contribution in [2.75, 3.05) is 6.54 Å². The second-order valence-corrected chi connectivity index (χ2v) is 2.25. The van der Waals surface area contributed by atoms with Crippen molar-refractivity contribution >= 4 is 0 Å². The molecule has 0 saturated heterocycles. The molecule has 3 N–H and O–H groups in total. The first kappa shape index (κ1) is 9.98. The summed E-state index contributed by atoms with van der Waals surface area (Å²) in [4.78, 5) is 0.